The molecule has 1 fully saturated rings. The summed E-state index contributed by atoms with van der Waals surface area (Å²) >= 11 is 0. The molecule has 0 radical (unpaired) electrons. The average molecular weight is 246 g/mol. The molecule has 1 atom stereocenters. The maximum atomic E-state index is 11.9. The van der Waals surface area contributed by atoms with Crippen LogP contribution in [0.25, 0.3) is 0 Å². The number of nitrogens with one attached hydrogen (secondary N) is 2. The van der Waals surface area contributed by atoms with Gasteiger partial charge in [0.15, 0.2) is 0 Å². The molecule has 1 heterocycles. The van der Waals surface area contributed by atoms with Crippen LogP contribution in [0.1, 0.15) is 30.9 Å². The second-order valence-electron chi connectivity index (χ2n) is 5.08. The number of ether oxygens (including phenoxy) is 1. The molecule has 3 rings (SSSR count). The standard InChI is InChI=1S/C14H18N2O2/c1-18-10-5-6-11-12(7-10)16-14(17)13(11)15-8-9-3-2-4-9/h5-7,9,13,15H,2-4,8H2,1H3,(H,16,17). The highest BCUT2D eigenvalue weighted by molar-refractivity contribution is 6.02. The summed E-state index contributed by atoms with van der Waals surface area (Å²) < 4.78 is 5.16. The molecule has 1 amide bonds. The van der Waals surface area contributed by atoms with E-state index < -0.39 is 0 Å². The predicted molar refractivity (Wildman–Crippen MR) is 69.7 cm³/mol. The Morgan fingerprint density at radius 1 is 1.44 bits per heavy atom. The van der Waals surface area contributed by atoms with Gasteiger partial charge in [-0.1, -0.05) is 12.5 Å². The van der Waals surface area contributed by atoms with Gasteiger partial charge in [-0.05, 0) is 31.4 Å². The van der Waals surface area contributed by atoms with Crippen LogP contribution in [0.2, 0.25) is 0 Å². The van der Waals surface area contributed by atoms with Gasteiger partial charge in [0.1, 0.15) is 11.8 Å². The van der Waals surface area contributed by atoms with E-state index in [0.717, 1.165) is 29.5 Å². The van der Waals surface area contributed by atoms with Gasteiger partial charge in [-0.15, -0.1) is 0 Å². The van der Waals surface area contributed by atoms with Crippen molar-refractivity contribution in [1.82, 2.24) is 5.32 Å². The normalized spacial score (nSPS) is 22.3. The zero-order chi connectivity index (χ0) is 12.5. The number of amides is 1. The lowest BCUT2D eigenvalue weighted by Crippen LogP contribution is -2.33. The van der Waals surface area contributed by atoms with E-state index in [1.54, 1.807) is 7.11 Å². The first-order valence-electron chi connectivity index (χ1n) is 6.50. The number of anilines is 1. The lowest BCUT2D eigenvalue weighted by Gasteiger charge is -2.26. The van der Waals surface area contributed by atoms with Gasteiger partial charge in [0.2, 0.25) is 5.91 Å². The lowest BCUT2D eigenvalue weighted by atomic mass is 9.85. The summed E-state index contributed by atoms with van der Waals surface area (Å²) in [6.45, 7) is 0.934. The van der Waals surface area contributed by atoms with Crippen LogP contribution in [0.15, 0.2) is 18.2 Å². The van der Waals surface area contributed by atoms with Crippen LogP contribution >= 0.6 is 0 Å². The second-order valence-corrected chi connectivity index (χ2v) is 5.08. The molecule has 0 aromatic heterocycles. The Bertz CT molecular complexity index is 469. The van der Waals surface area contributed by atoms with Crippen molar-refractivity contribution < 1.29 is 9.53 Å². The van der Waals surface area contributed by atoms with E-state index in [-0.39, 0.29) is 11.9 Å². The van der Waals surface area contributed by atoms with Crippen molar-refractivity contribution in [3.8, 4) is 5.75 Å². The summed E-state index contributed by atoms with van der Waals surface area (Å²) in [6, 6.07) is 5.53. The van der Waals surface area contributed by atoms with E-state index in [2.05, 4.69) is 10.6 Å². The molecule has 0 spiro atoms. The van der Waals surface area contributed by atoms with Crippen LogP contribution in [-0.2, 0) is 4.79 Å². The first-order valence-corrected chi connectivity index (χ1v) is 6.50. The Hall–Kier alpha value is -1.55. The SMILES string of the molecule is COc1ccc2c(c1)NC(=O)C2NCC1CCC1. The highest BCUT2D eigenvalue weighted by atomic mass is 16.5. The minimum Gasteiger partial charge on any atom is -0.497 e. The summed E-state index contributed by atoms with van der Waals surface area (Å²) in [5.74, 6) is 1.56. The number of hydrogen-bond acceptors (Lipinski definition) is 3. The third kappa shape index (κ3) is 1.97. The van der Waals surface area contributed by atoms with Crippen LogP contribution < -0.4 is 15.4 Å². The van der Waals surface area contributed by atoms with E-state index in [0.29, 0.717) is 0 Å². The zero-order valence-corrected chi connectivity index (χ0v) is 10.5. The Labute approximate surface area is 107 Å². The molecule has 96 valence electrons. The van der Waals surface area contributed by atoms with Crippen molar-refractivity contribution in [3.63, 3.8) is 0 Å². The van der Waals surface area contributed by atoms with Crippen molar-refractivity contribution in [2.24, 2.45) is 5.92 Å². The smallest absolute Gasteiger partial charge is 0.246 e. The van der Waals surface area contributed by atoms with Gasteiger partial charge in [-0.25, -0.2) is 0 Å². The second kappa shape index (κ2) is 4.61. The van der Waals surface area contributed by atoms with E-state index in [1.807, 2.05) is 18.2 Å². The molecule has 1 saturated carbocycles. The van der Waals surface area contributed by atoms with Gasteiger partial charge < -0.3 is 15.4 Å². The number of benzene rings is 1. The van der Waals surface area contributed by atoms with Crippen molar-refractivity contribution >= 4 is 11.6 Å². The molecule has 0 saturated heterocycles. The highest BCUT2D eigenvalue weighted by Gasteiger charge is 2.31. The van der Waals surface area contributed by atoms with E-state index >= 15 is 0 Å². The van der Waals surface area contributed by atoms with Gasteiger partial charge in [0, 0.05) is 17.3 Å². The molecule has 1 aliphatic carbocycles. The summed E-state index contributed by atoms with van der Waals surface area (Å²) in [6.07, 6.45) is 3.91. The molecule has 1 aromatic rings. The first kappa shape index (κ1) is 11.5. The monoisotopic (exact) mass is 246 g/mol. The molecule has 4 nitrogen and oxygen atoms in total. The van der Waals surface area contributed by atoms with Crippen LogP contribution in [0.3, 0.4) is 0 Å². The van der Waals surface area contributed by atoms with E-state index in [1.165, 1.54) is 19.3 Å². The van der Waals surface area contributed by atoms with Crippen molar-refractivity contribution in [2.75, 3.05) is 19.0 Å². The molecular formula is C14H18N2O2. The minimum atomic E-state index is -0.202. The molecule has 1 aliphatic heterocycles. The van der Waals surface area contributed by atoms with Crippen molar-refractivity contribution in [3.05, 3.63) is 23.8 Å². The fourth-order valence-corrected chi connectivity index (χ4v) is 2.55. The van der Waals surface area contributed by atoms with Gasteiger partial charge in [-0.2, -0.15) is 0 Å². The van der Waals surface area contributed by atoms with Crippen molar-refractivity contribution in [2.45, 2.75) is 25.3 Å². The first-order chi connectivity index (χ1) is 8.78. The maximum Gasteiger partial charge on any atom is 0.246 e. The Morgan fingerprint density at radius 3 is 2.94 bits per heavy atom. The number of carbonyl (C=O) groups is 1. The third-order valence-electron chi connectivity index (χ3n) is 3.93. The lowest BCUT2D eigenvalue weighted by molar-refractivity contribution is -0.117. The highest BCUT2D eigenvalue weighted by Crippen LogP contribution is 2.34. The van der Waals surface area contributed by atoms with Gasteiger partial charge >= 0.3 is 0 Å². The maximum absolute atomic E-state index is 11.9. The number of rotatable bonds is 4. The van der Waals surface area contributed by atoms with E-state index in [9.17, 15) is 4.79 Å². The molecule has 4 heteroatoms. The largest absolute Gasteiger partial charge is 0.497 e. The topological polar surface area (TPSA) is 50.4 Å². The summed E-state index contributed by atoms with van der Waals surface area (Å²) in [4.78, 5) is 11.9. The summed E-state index contributed by atoms with van der Waals surface area (Å²) in [5.41, 5.74) is 1.89. The average Bonchev–Trinajstić information content (AvgIpc) is 2.62. The molecule has 0 bridgehead atoms. The van der Waals surface area contributed by atoms with Gasteiger partial charge in [-0.3, -0.25) is 4.79 Å². The van der Waals surface area contributed by atoms with Gasteiger partial charge in [0.25, 0.3) is 0 Å². The van der Waals surface area contributed by atoms with Crippen molar-refractivity contribution in [1.29, 1.82) is 0 Å². The molecule has 1 unspecified atom stereocenters. The van der Waals surface area contributed by atoms with Gasteiger partial charge in [0.05, 0.1) is 7.11 Å². The summed E-state index contributed by atoms with van der Waals surface area (Å²) in [7, 11) is 1.63. The molecule has 2 aliphatic rings. The van der Waals surface area contributed by atoms with Crippen LogP contribution in [0, 0.1) is 5.92 Å². The number of fused-ring (bicyclic) bond motifs is 1. The molecular weight excluding hydrogens is 228 g/mol. The Morgan fingerprint density at radius 2 is 2.28 bits per heavy atom. The number of methoxy groups -OCH3 is 1. The predicted octanol–water partition coefficient (Wildman–Crippen LogP) is 2.08. The third-order valence-corrected chi connectivity index (χ3v) is 3.93. The molecule has 2 N–H and O–H groups in total. The summed E-state index contributed by atoms with van der Waals surface area (Å²) in [5, 5.41) is 6.27. The van der Waals surface area contributed by atoms with Crippen LogP contribution in [0.4, 0.5) is 5.69 Å². The molecule has 18 heavy (non-hydrogen) atoms. The molecule has 1 aromatic carbocycles. The van der Waals surface area contributed by atoms with E-state index in [4.69, 9.17) is 4.74 Å². The van der Waals surface area contributed by atoms with Crippen LogP contribution in [0.5, 0.6) is 5.75 Å². The minimum absolute atomic E-state index is 0.0394. The number of hydrogen-bond donors (Lipinski definition) is 2. The fourth-order valence-electron chi connectivity index (χ4n) is 2.55. The zero-order valence-electron chi connectivity index (χ0n) is 10.5. The Kier molecular flexibility index (Phi) is 2.96. The fraction of sp³-hybridized carbons (Fsp3) is 0.500. The Balaban J connectivity index is 1.74. The quantitative estimate of drug-likeness (QED) is 0.855. The van der Waals surface area contributed by atoms with Crippen LogP contribution in [-0.4, -0.2) is 19.6 Å². The number of carbonyl (C=O) groups excluding carboxylic acids is 1.